The average Bonchev–Trinajstić information content (AvgIpc) is 3.01. The number of fused-ring (bicyclic) bond motifs is 1. The zero-order valence-electron chi connectivity index (χ0n) is 15.8. The summed E-state index contributed by atoms with van der Waals surface area (Å²) in [6.45, 7) is 2.26. The van der Waals surface area contributed by atoms with Crippen LogP contribution in [0.4, 0.5) is 5.95 Å². The molecule has 0 aliphatic heterocycles. The van der Waals surface area contributed by atoms with Crippen molar-refractivity contribution in [1.29, 1.82) is 0 Å². The first-order chi connectivity index (χ1) is 12.8. The van der Waals surface area contributed by atoms with Crippen LogP contribution in [-0.4, -0.2) is 43.6 Å². The van der Waals surface area contributed by atoms with E-state index in [-0.39, 0.29) is 6.54 Å². The van der Waals surface area contributed by atoms with Crippen LogP contribution in [0.15, 0.2) is 33.9 Å². The Morgan fingerprint density at radius 2 is 2.00 bits per heavy atom. The summed E-state index contributed by atoms with van der Waals surface area (Å²) in [5.74, 6) is 1.11. The van der Waals surface area contributed by atoms with Crippen LogP contribution < -0.4 is 21.3 Å². The van der Waals surface area contributed by atoms with E-state index in [1.165, 1.54) is 11.6 Å². The van der Waals surface area contributed by atoms with Crippen molar-refractivity contribution in [2.45, 2.75) is 19.6 Å². The molecule has 2 N–H and O–H groups in total. The minimum Gasteiger partial charge on any atom is -0.497 e. The number of aryl methyl sites for hydroxylation is 1. The molecule has 2 aromatic heterocycles. The van der Waals surface area contributed by atoms with Crippen molar-refractivity contribution >= 4 is 17.1 Å². The number of hydrogen-bond acceptors (Lipinski definition) is 6. The normalized spacial score (nSPS) is 12.3. The van der Waals surface area contributed by atoms with Gasteiger partial charge in [-0.2, -0.15) is 4.98 Å². The molecule has 0 fully saturated rings. The Morgan fingerprint density at radius 1 is 1.26 bits per heavy atom. The lowest BCUT2D eigenvalue weighted by molar-refractivity contribution is 0.208. The van der Waals surface area contributed by atoms with Gasteiger partial charge in [0.2, 0.25) is 5.95 Å². The highest BCUT2D eigenvalue weighted by atomic mass is 16.5. The van der Waals surface area contributed by atoms with Gasteiger partial charge in [-0.25, -0.2) is 4.79 Å². The molecule has 0 amide bonds. The SMILES string of the molecule is COc1cccc(Cn2c(NC[C@H](C)O)nc3c2c(=O)n(C)c(=O)n3C)c1. The van der Waals surface area contributed by atoms with Crippen LogP contribution >= 0.6 is 0 Å². The monoisotopic (exact) mass is 373 g/mol. The van der Waals surface area contributed by atoms with E-state index < -0.39 is 17.4 Å². The van der Waals surface area contributed by atoms with Crippen LogP contribution in [0.1, 0.15) is 12.5 Å². The summed E-state index contributed by atoms with van der Waals surface area (Å²) in [6.07, 6.45) is -0.596. The molecule has 0 aliphatic rings. The van der Waals surface area contributed by atoms with E-state index in [1.807, 2.05) is 24.3 Å². The number of nitrogens with one attached hydrogen (secondary N) is 1. The van der Waals surface area contributed by atoms with E-state index in [0.717, 1.165) is 10.1 Å². The first-order valence-electron chi connectivity index (χ1n) is 8.54. The fraction of sp³-hybridized carbons (Fsp3) is 0.389. The van der Waals surface area contributed by atoms with Gasteiger partial charge in [0.1, 0.15) is 5.75 Å². The van der Waals surface area contributed by atoms with E-state index in [1.54, 1.807) is 25.6 Å². The highest BCUT2D eigenvalue weighted by Crippen LogP contribution is 2.20. The van der Waals surface area contributed by atoms with Crippen molar-refractivity contribution in [3.63, 3.8) is 0 Å². The Labute approximate surface area is 155 Å². The van der Waals surface area contributed by atoms with Crippen LogP contribution in [0, 0.1) is 0 Å². The average molecular weight is 373 g/mol. The van der Waals surface area contributed by atoms with E-state index in [0.29, 0.717) is 29.4 Å². The Bertz CT molecular complexity index is 1090. The largest absolute Gasteiger partial charge is 0.497 e. The number of methoxy groups -OCH3 is 1. The fourth-order valence-electron chi connectivity index (χ4n) is 2.93. The third-order valence-electron chi connectivity index (χ3n) is 4.38. The highest BCUT2D eigenvalue weighted by molar-refractivity contribution is 5.74. The van der Waals surface area contributed by atoms with Crippen LogP contribution in [-0.2, 0) is 20.6 Å². The minimum atomic E-state index is -0.596. The number of rotatable bonds is 6. The molecule has 144 valence electrons. The van der Waals surface area contributed by atoms with Gasteiger partial charge in [-0.05, 0) is 24.6 Å². The zero-order valence-corrected chi connectivity index (χ0v) is 15.8. The highest BCUT2D eigenvalue weighted by Gasteiger charge is 2.19. The maximum absolute atomic E-state index is 12.8. The van der Waals surface area contributed by atoms with Crippen molar-refractivity contribution in [2.24, 2.45) is 14.1 Å². The quantitative estimate of drug-likeness (QED) is 0.643. The van der Waals surface area contributed by atoms with Crippen molar-refractivity contribution in [3.8, 4) is 5.75 Å². The Kier molecular flexibility index (Phi) is 5.04. The molecular formula is C18H23N5O4. The third kappa shape index (κ3) is 3.45. The maximum atomic E-state index is 12.8. The van der Waals surface area contributed by atoms with Gasteiger partial charge >= 0.3 is 5.69 Å². The van der Waals surface area contributed by atoms with Crippen LogP contribution in [0.25, 0.3) is 11.2 Å². The number of anilines is 1. The van der Waals surface area contributed by atoms with E-state index in [9.17, 15) is 14.7 Å². The number of aliphatic hydroxyl groups excluding tert-OH is 1. The summed E-state index contributed by atoms with van der Waals surface area (Å²) >= 11 is 0. The second-order valence-corrected chi connectivity index (χ2v) is 6.48. The summed E-state index contributed by atoms with van der Waals surface area (Å²) in [6, 6.07) is 7.49. The second-order valence-electron chi connectivity index (χ2n) is 6.48. The molecule has 9 heteroatoms. The number of aromatic nitrogens is 4. The van der Waals surface area contributed by atoms with Crippen molar-refractivity contribution in [3.05, 3.63) is 50.7 Å². The maximum Gasteiger partial charge on any atom is 0.332 e. The number of nitrogens with zero attached hydrogens (tertiary/aromatic N) is 4. The lowest BCUT2D eigenvalue weighted by Crippen LogP contribution is -2.37. The van der Waals surface area contributed by atoms with Crippen molar-refractivity contribution < 1.29 is 9.84 Å². The molecule has 27 heavy (non-hydrogen) atoms. The smallest absolute Gasteiger partial charge is 0.332 e. The Hall–Kier alpha value is -3.07. The fourth-order valence-corrected chi connectivity index (χ4v) is 2.93. The van der Waals surface area contributed by atoms with Crippen molar-refractivity contribution in [2.75, 3.05) is 19.0 Å². The lowest BCUT2D eigenvalue weighted by atomic mass is 10.2. The van der Waals surface area contributed by atoms with Gasteiger partial charge in [0, 0.05) is 20.6 Å². The minimum absolute atomic E-state index is 0.260. The van der Waals surface area contributed by atoms with E-state index >= 15 is 0 Å². The number of hydrogen-bond donors (Lipinski definition) is 2. The summed E-state index contributed by atoms with van der Waals surface area (Å²) in [7, 11) is 4.61. The van der Waals surface area contributed by atoms with Gasteiger partial charge in [-0.15, -0.1) is 0 Å². The standard InChI is InChI=1S/C18H23N5O4/c1-11(24)9-19-17-20-15-14(16(25)22(3)18(26)21(15)2)23(17)10-12-6-5-7-13(8-12)27-4/h5-8,11,24H,9-10H2,1-4H3,(H,19,20)/t11-/m0/s1. The molecule has 0 radical (unpaired) electrons. The molecule has 0 saturated heterocycles. The predicted molar refractivity (Wildman–Crippen MR) is 102 cm³/mol. The molecule has 3 rings (SSSR count). The van der Waals surface area contributed by atoms with Gasteiger partial charge in [0.05, 0.1) is 19.8 Å². The molecule has 0 unspecified atom stereocenters. The zero-order chi connectivity index (χ0) is 19.7. The molecule has 2 heterocycles. The summed E-state index contributed by atoms with van der Waals surface area (Å²) in [5.41, 5.74) is 0.647. The summed E-state index contributed by atoms with van der Waals surface area (Å²) in [4.78, 5) is 29.5. The molecule has 3 aromatic rings. The molecule has 1 aromatic carbocycles. The number of benzene rings is 1. The first kappa shape index (κ1) is 18.7. The molecule has 9 nitrogen and oxygen atoms in total. The molecule has 0 saturated carbocycles. The van der Waals surface area contributed by atoms with Crippen molar-refractivity contribution in [1.82, 2.24) is 18.7 Å². The third-order valence-corrected chi connectivity index (χ3v) is 4.38. The van der Waals surface area contributed by atoms with E-state index in [2.05, 4.69) is 10.3 Å². The van der Waals surface area contributed by atoms with E-state index in [4.69, 9.17) is 4.74 Å². The topological polar surface area (TPSA) is 103 Å². The number of aliphatic hydroxyl groups is 1. The van der Waals surface area contributed by atoms with Crippen LogP contribution in [0.3, 0.4) is 0 Å². The summed E-state index contributed by atoms with van der Waals surface area (Å²) < 4.78 is 9.38. The molecule has 0 aliphatic carbocycles. The molecule has 0 spiro atoms. The molecule has 1 atom stereocenters. The first-order valence-corrected chi connectivity index (χ1v) is 8.54. The summed E-state index contributed by atoms with van der Waals surface area (Å²) in [5, 5.41) is 12.6. The Morgan fingerprint density at radius 3 is 2.67 bits per heavy atom. The molecular weight excluding hydrogens is 350 g/mol. The van der Waals surface area contributed by atoms with Crippen LogP contribution in [0.5, 0.6) is 5.75 Å². The van der Waals surface area contributed by atoms with Gasteiger partial charge in [0.15, 0.2) is 11.2 Å². The Balaban J connectivity index is 2.21. The lowest BCUT2D eigenvalue weighted by Gasteiger charge is -2.12. The van der Waals surface area contributed by atoms with Gasteiger partial charge in [-0.1, -0.05) is 12.1 Å². The molecule has 0 bridgehead atoms. The predicted octanol–water partition coefficient (Wildman–Crippen LogP) is 0.283. The number of ether oxygens (including phenoxy) is 1. The van der Waals surface area contributed by atoms with Gasteiger partial charge < -0.3 is 15.2 Å². The second kappa shape index (κ2) is 7.28. The van der Waals surface area contributed by atoms with Gasteiger partial charge in [0.25, 0.3) is 5.56 Å². The van der Waals surface area contributed by atoms with Gasteiger partial charge in [-0.3, -0.25) is 18.5 Å². The van der Waals surface area contributed by atoms with Crippen LogP contribution in [0.2, 0.25) is 0 Å². The number of imidazole rings is 1.